The summed E-state index contributed by atoms with van der Waals surface area (Å²) in [5.41, 5.74) is 1.21. The van der Waals surface area contributed by atoms with Gasteiger partial charge in [0.05, 0.1) is 17.0 Å². The summed E-state index contributed by atoms with van der Waals surface area (Å²) < 4.78 is 0. The van der Waals surface area contributed by atoms with Gasteiger partial charge in [0.15, 0.2) is 0 Å². The summed E-state index contributed by atoms with van der Waals surface area (Å²) in [6.07, 6.45) is -0.129. The van der Waals surface area contributed by atoms with Crippen molar-refractivity contribution in [2.45, 2.75) is 11.8 Å². The Bertz CT molecular complexity index is 1300. The van der Waals surface area contributed by atoms with Crippen LogP contribution < -0.4 is 10.2 Å². The van der Waals surface area contributed by atoms with Gasteiger partial charge in [-0.2, -0.15) is 0 Å². The summed E-state index contributed by atoms with van der Waals surface area (Å²) in [5, 5.41) is 13.7. The largest absolute Gasteiger partial charge is 0.477 e. The number of carbonyl (C=O) groups is 3. The molecule has 156 valence electrons. The van der Waals surface area contributed by atoms with Crippen molar-refractivity contribution in [1.82, 2.24) is 0 Å². The maximum Gasteiger partial charge on any atom is 0.346 e. The molecule has 6 nitrogen and oxygen atoms in total. The molecule has 2 amide bonds. The zero-order valence-corrected chi connectivity index (χ0v) is 18.4. The Morgan fingerprint density at radius 2 is 1.81 bits per heavy atom. The molecule has 0 unspecified atom stereocenters. The van der Waals surface area contributed by atoms with Gasteiger partial charge in [0, 0.05) is 28.3 Å². The summed E-state index contributed by atoms with van der Waals surface area (Å²) in [6, 6.07) is 11.8. The number of aromatic carboxylic acids is 1. The highest BCUT2D eigenvalue weighted by Crippen LogP contribution is 2.57. The average Bonchev–Trinajstić information content (AvgIpc) is 3.20. The molecule has 31 heavy (non-hydrogen) atoms. The third-order valence-electron chi connectivity index (χ3n) is 5.76. The first-order chi connectivity index (χ1) is 14.7. The maximum absolute atomic E-state index is 13.6. The van der Waals surface area contributed by atoms with E-state index in [0.29, 0.717) is 43.0 Å². The van der Waals surface area contributed by atoms with Crippen LogP contribution in [-0.2, 0) is 15.0 Å². The van der Waals surface area contributed by atoms with E-state index in [4.69, 9.17) is 23.2 Å². The first-order valence-corrected chi connectivity index (χ1v) is 10.9. The number of benzene rings is 2. The molecule has 5 rings (SSSR count). The number of carboxylic acids is 1. The van der Waals surface area contributed by atoms with Crippen LogP contribution in [0.1, 0.15) is 26.5 Å². The van der Waals surface area contributed by atoms with E-state index in [2.05, 4.69) is 5.32 Å². The van der Waals surface area contributed by atoms with Crippen LogP contribution in [-0.4, -0.2) is 29.9 Å². The zero-order chi connectivity index (χ0) is 22.1. The Labute approximate surface area is 191 Å². The summed E-state index contributed by atoms with van der Waals surface area (Å²) in [7, 11) is 1.64. The molecule has 0 fully saturated rings. The maximum atomic E-state index is 13.6. The smallest absolute Gasteiger partial charge is 0.346 e. The van der Waals surface area contributed by atoms with Crippen molar-refractivity contribution in [3.63, 3.8) is 0 Å². The number of halogens is 2. The molecule has 2 N–H and O–H groups in total. The standard InChI is InChI=1S/C22H14Cl2N2O4S/c1-26-14-7-6-12(24)8-13(14)22(21(26)30)9-15(27)25-17-16(10-2-4-11(23)5-3-10)18(20(28)29)31-19(17)22/h2-8H,9H2,1H3,(H,25,27)(H,28,29)/t22-/m1/s1. The number of hydrogen-bond acceptors (Lipinski definition) is 4. The lowest BCUT2D eigenvalue weighted by Crippen LogP contribution is -2.45. The quantitative estimate of drug-likeness (QED) is 0.547. The van der Waals surface area contributed by atoms with Crippen molar-refractivity contribution in [2.24, 2.45) is 0 Å². The second kappa shape index (κ2) is 6.82. The number of carboxylic acid groups (broad SMARTS) is 1. The third-order valence-corrected chi connectivity index (χ3v) is 7.59. The second-order valence-corrected chi connectivity index (χ2v) is 9.37. The molecular weight excluding hydrogens is 459 g/mol. The number of rotatable bonds is 2. The molecule has 1 spiro atoms. The molecule has 0 saturated carbocycles. The number of likely N-dealkylation sites (N-methyl/N-ethyl adjacent to an activating group) is 1. The van der Waals surface area contributed by atoms with Crippen LogP contribution in [0.3, 0.4) is 0 Å². The molecule has 1 atom stereocenters. The van der Waals surface area contributed by atoms with Gasteiger partial charge in [0.2, 0.25) is 11.8 Å². The Kier molecular flexibility index (Phi) is 4.41. The SMILES string of the molecule is CN1C(=O)[C@]2(CC(=O)Nc3c2sc(C(=O)O)c3-c2ccc(Cl)cc2)c2cc(Cl)ccc21. The lowest BCUT2D eigenvalue weighted by Gasteiger charge is -2.32. The predicted octanol–water partition coefficient (Wildman–Crippen LogP) is 5.02. The summed E-state index contributed by atoms with van der Waals surface area (Å²) in [5.74, 6) is -1.80. The minimum Gasteiger partial charge on any atom is -0.477 e. The lowest BCUT2D eigenvalue weighted by atomic mass is 9.74. The fourth-order valence-corrected chi connectivity index (χ4v) is 6.05. The van der Waals surface area contributed by atoms with E-state index in [1.807, 2.05) is 0 Å². The predicted molar refractivity (Wildman–Crippen MR) is 121 cm³/mol. The van der Waals surface area contributed by atoms with Gasteiger partial charge in [0.25, 0.3) is 0 Å². The molecule has 3 heterocycles. The van der Waals surface area contributed by atoms with Crippen LogP contribution in [0.15, 0.2) is 42.5 Å². The minimum atomic E-state index is -1.33. The van der Waals surface area contributed by atoms with E-state index in [1.54, 1.807) is 49.5 Å². The summed E-state index contributed by atoms with van der Waals surface area (Å²) in [4.78, 5) is 40.6. The van der Waals surface area contributed by atoms with Crippen LogP contribution in [0.4, 0.5) is 11.4 Å². The number of nitrogens with one attached hydrogen (secondary N) is 1. The molecular formula is C22H14Cl2N2O4S. The van der Waals surface area contributed by atoms with E-state index < -0.39 is 11.4 Å². The van der Waals surface area contributed by atoms with E-state index in [1.165, 1.54) is 4.90 Å². The first kappa shape index (κ1) is 20.1. The van der Waals surface area contributed by atoms with Gasteiger partial charge in [0.1, 0.15) is 10.3 Å². The van der Waals surface area contributed by atoms with Crippen molar-refractivity contribution in [1.29, 1.82) is 0 Å². The number of fused-ring (bicyclic) bond motifs is 4. The van der Waals surface area contributed by atoms with E-state index in [0.717, 1.165) is 11.3 Å². The van der Waals surface area contributed by atoms with Gasteiger partial charge in [-0.05, 0) is 41.5 Å². The number of hydrogen-bond donors (Lipinski definition) is 2. The highest BCUT2D eigenvalue weighted by molar-refractivity contribution is 7.15. The number of thiophene rings is 1. The van der Waals surface area contributed by atoms with Crippen molar-refractivity contribution in [2.75, 3.05) is 17.3 Å². The van der Waals surface area contributed by atoms with Crippen molar-refractivity contribution >= 4 is 63.7 Å². The fraction of sp³-hybridized carbons (Fsp3) is 0.136. The second-order valence-electron chi connectivity index (χ2n) is 7.48. The van der Waals surface area contributed by atoms with Gasteiger partial charge >= 0.3 is 5.97 Å². The van der Waals surface area contributed by atoms with Crippen molar-refractivity contribution in [3.8, 4) is 11.1 Å². The first-order valence-electron chi connectivity index (χ1n) is 9.28. The van der Waals surface area contributed by atoms with Gasteiger partial charge in [-0.15, -0.1) is 11.3 Å². The van der Waals surface area contributed by atoms with Gasteiger partial charge < -0.3 is 15.3 Å². The lowest BCUT2D eigenvalue weighted by molar-refractivity contribution is -0.126. The number of amides is 2. The fourth-order valence-electron chi connectivity index (χ4n) is 4.44. The molecule has 2 aliphatic rings. The van der Waals surface area contributed by atoms with Crippen molar-refractivity contribution in [3.05, 3.63) is 67.8 Å². The molecule has 1 aromatic heterocycles. The van der Waals surface area contributed by atoms with E-state index >= 15 is 0 Å². The van der Waals surface area contributed by atoms with Crippen molar-refractivity contribution < 1.29 is 19.5 Å². The number of carbonyl (C=O) groups excluding carboxylic acids is 2. The van der Waals surface area contributed by atoms with Gasteiger partial charge in [-0.3, -0.25) is 9.59 Å². The monoisotopic (exact) mass is 472 g/mol. The Morgan fingerprint density at radius 1 is 1.13 bits per heavy atom. The Balaban J connectivity index is 1.86. The highest BCUT2D eigenvalue weighted by atomic mass is 35.5. The zero-order valence-electron chi connectivity index (χ0n) is 16.0. The van der Waals surface area contributed by atoms with Crippen LogP contribution in [0.25, 0.3) is 11.1 Å². The Morgan fingerprint density at radius 3 is 2.48 bits per heavy atom. The molecule has 0 saturated heterocycles. The highest BCUT2D eigenvalue weighted by Gasteiger charge is 2.57. The summed E-state index contributed by atoms with van der Waals surface area (Å²) in [6.45, 7) is 0. The van der Waals surface area contributed by atoms with Gasteiger partial charge in [-0.25, -0.2) is 4.79 Å². The summed E-state index contributed by atoms with van der Waals surface area (Å²) >= 11 is 13.3. The number of nitrogens with zero attached hydrogens (tertiary/aromatic N) is 1. The van der Waals surface area contributed by atoms with E-state index in [9.17, 15) is 19.5 Å². The third kappa shape index (κ3) is 2.74. The Hall–Kier alpha value is -2.87. The number of anilines is 2. The molecule has 3 aromatic rings. The van der Waals surface area contributed by atoms with Crippen LogP contribution >= 0.6 is 34.5 Å². The van der Waals surface area contributed by atoms with Crippen LogP contribution in [0.5, 0.6) is 0 Å². The normalized spacial score (nSPS) is 19.4. The molecule has 9 heteroatoms. The molecule has 2 aliphatic heterocycles. The van der Waals surface area contributed by atoms with Gasteiger partial charge in [-0.1, -0.05) is 35.3 Å². The average molecular weight is 473 g/mol. The van der Waals surface area contributed by atoms with Crippen LogP contribution in [0.2, 0.25) is 10.0 Å². The molecule has 0 bridgehead atoms. The topological polar surface area (TPSA) is 86.7 Å². The molecule has 2 aromatic carbocycles. The minimum absolute atomic E-state index is 0.0415. The molecule has 0 aliphatic carbocycles. The van der Waals surface area contributed by atoms with Crippen LogP contribution in [0, 0.1) is 0 Å². The molecule has 0 radical (unpaired) electrons. The van der Waals surface area contributed by atoms with E-state index in [-0.39, 0.29) is 23.1 Å².